The molecule has 0 spiro atoms. The van der Waals surface area contributed by atoms with Gasteiger partial charge in [-0.05, 0) is 38.1 Å². The SMILES string of the molecule is CCCC1CCC(O)CC1N(CC)CC(F)F. The number of rotatable bonds is 6. The van der Waals surface area contributed by atoms with Gasteiger partial charge in [0.15, 0.2) is 0 Å². The molecule has 0 radical (unpaired) electrons. The summed E-state index contributed by atoms with van der Waals surface area (Å²) in [4.78, 5) is 1.85. The lowest BCUT2D eigenvalue weighted by molar-refractivity contribution is -0.00234. The Hall–Kier alpha value is -0.220. The van der Waals surface area contributed by atoms with Crippen LogP contribution in [0.15, 0.2) is 0 Å². The van der Waals surface area contributed by atoms with E-state index in [-0.39, 0.29) is 18.7 Å². The number of halogens is 2. The molecular formula is C13H25F2NO. The fourth-order valence-corrected chi connectivity index (χ4v) is 3.02. The van der Waals surface area contributed by atoms with Gasteiger partial charge in [-0.3, -0.25) is 4.90 Å². The molecule has 0 saturated heterocycles. The highest BCUT2D eigenvalue weighted by Gasteiger charge is 2.33. The number of nitrogens with zero attached hydrogens (tertiary/aromatic N) is 1. The van der Waals surface area contributed by atoms with E-state index in [0.717, 1.165) is 25.7 Å². The molecule has 0 amide bonds. The fraction of sp³-hybridized carbons (Fsp3) is 1.00. The maximum absolute atomic E-state index is 12.5. The van der Waals surface area contributed by atoms with E-state index in [4.69, 9.17) is 0 Å². The Labute approximate surface area is 103 Å². The highest BCUT2D eigenvalue weighted by Crippen LogP contribution is 2.32. The Morgan fingerprint density at radius 1 is 1.29 bits per heavy atom. The summed E-state index contributed by atoms with van der Waals surface area (Å²) in [6, 6.07) is 0.137. The highest BCUT2D eigenvalue weighted by atomic mass is 19.3. The molecule has 0 bridgehead atoms. The van der Waals surface area contributed by atoms with Crippen molar-refractivity contribution in [1.82, 2.24) is 4.90 Å². The number of hydrogen-bond acceptors (Lipinski definition) is 2. The predicted molar refractivity (Wildman–Crippen MR) is 65.3 cm³/mol. The van der Waals surface area contributed by atoms with Crippen LogP contribution in [0.3, 0.4) is 0 Å². The third kappa shape index (κ3) is 4.51. The second kappa shape index (κ2) is 7.27. The molecule has 1 aliphatic rings. The van der Waals surface area contributed by atoms with Crippen molar-refractivity contribution in [2.45, 2.75) is 64.5 Å². The Bertz CT molecular complexity index is 214. The molecule has 17 heavy (non-hydrogen) atoms. The van der Waals surface area contributed by atoms with Crippen LogP contribution in [0.4, 0.5) is 8.78 Å². The maximum atomic E-state index is 12.5. The van der Waals surface area contributed by atoms with Gasteiger partial charge in [0, 0.05) is 6.04 Å². The van der Waals surface area contributed by atoms with Gasteiger partial charge >= 0.3 is 0 Å². The van der Waals surface area contributed by atoms with Gasteiger partial charge in [0.05, 0.1) is 12.6 Å². The van der Waals surface area contributed by atoms with Crippen molar-refractivity contribution >= 4 is 0 Å². The number of aliphatic hydroxyl groups is 1. The second-order valence-corrected chi connectivity index (χ2v) is 5.06. The molecule has 1 aliphatic carbocycles. The van der Waals surface area contributed by atoms with E-state index in [1.807, 2.05) is 11.8 Å². The summed E-state index contributed by atoms with van der Waals surface area (Å²) in [6.07, 6.45) is 2.04. The minimum atomic E-state index is -2.28. The van der Waals surface area contributed by atoms with E-state index >= 15 is 0 Å². The van der Waals surface area contributed by atoms with Crippen molar-refractivity contribution in [3.05, 3.63) is 0 Å². The summed E-state index contributed by atoms with van der Waals surface area (Å²) >= 11 is 0. The van der Waals surface area contributed by atoms with Gasteiger partial charge in [0.25, 0.3) is 6.43 Å². The molecule has 1 saturated carbocycles. The molecule has 0 aromatic carbocycles. The lowest BCUT2D eigenvalue weighted by Crippen LogP contribution is -2.47. The lowest BCUT2D eigenvalue weighted by Gasteiger charge is -2.41. The molecule has 3 unspecified atom stereocenters. The maximum Gasteiger partial charge on any atom is 0.251 e. The monoisotopic (exact) mass is 249 g/mol. The van der Waals surface area contributed by atoms with E-state index in [1.165, 1.54) is 0 Å². The Morgan fingerprint density at radius 2 is 2.00 bits per heavy atom. The zero-order chi connectivity index (χ0) is 12.8. The van der Waals surface area contributed by atoms with Crippen LogP contribution in [0, 0.1) is 5.92 Å². The third-order valence-electron chi connectivity index (χ3n) is 3.84. The van der Waals surface area contributed by atoms with Gasteiger partial charge in [-0.15, -0.1) is 0 Å². The Morgan fingerprint density at radius 3 is 2.53 bits per heavy atom. The van der Waals surface area contributed by atoms with Gasteiger partial charge in [-0.2, -0.15) is 0 Å². The van der Waals surface area contributed by atoms with Crippen LogP contribution in [0.2, 0.25) is 0 Å². The van der Waals surface area contributed by atoms with Crippen LogP contribution in [0.5, 0.6) is 0 Å². The zero-order valence-electron chi connectivity index (χ0n) is 10.9. The van der Waals surface area contributed by atoms with Crippen molar-refractivity contribution in [3.63, 3.8) is 0 Å². The molecule has 0 aromatic rings. The van der Waals surface area contributed by atoms with E-state index in [0.29, 0.717) is 18.9 Å². The standard InChI is InChI=1S/C13H25F2NO/c1-3-5-10-6-7-11(17)8-12(10)16(4-2)9-13(14)15/h10-13,17H,3-9H2,1-2H3. The molecule has 0 heterocycles. The first-order valence-electron chi connectivity index (χ1n) is 6.78. The van der Waals surface area contributed by atoms with Gasteiger partial charge in [0.2, 0.25) is 0 Å². The first-order valence-corrected chi connectivity index (χ1v) is 6.78. The fourth-order valence-electron chi connectivity index (χ4n) is 3.02. The largest absolute Gasteiger partial charge is 0.393 e. The zero-order valence-corrected chi connectivity index (χ0v) is 10.9. The van der Waals surface area contributed by atoms with Crippen LogP contribution in [0.25, 0.3) is 0 Å². The first kappa shape index (κ1) is 14.8. The average Bonchev–Trinajstić information content (AvgIpc) is 2.28. The topological polar surface area (TPSA) is 23.5 Å². The highest BCUT2D eigenvalue weighted by molar-refractivity contribution is 4.86. The van der Waals surface area contributed by atoms with Crippen molar-refractivity contribution in [2.24, 2.45) is 5.92 Å². The van der Waals surface area contributed by atoms with Gasteiger partial charge in [-0.1, -0.05) is 20.3 Å². The first-order chi connectivity index (χ1) is 8.08. The van der Waals surface area contributed by atoms with Crippen molar-refractivity contribution < 1.29 is 13.9 Å². The van der Waals surface area contributed by atoms with Crippen LogP contribution in [-0.2, 0) is 0 Å². The number of alkyl halides is 2. The molecule has 0 aromatic heterocycles. The molecule has 4 heteroatoms. The summed E-state index contributed by atoms with van der Waals surface area (Å²) < 4.78 is 25.1. The van der Waals surface area contributed by atoms with Crippen LogP contribution in [0.1, 0.15) is 46.0 Å². The van der Waals surface area contributed by atoms with E-state index in [9.17, 15) is 13.9 Å². The predicted octanol–water partition coefficient (Wildman–Crippen LogP) is 2.90. The minimum absolute atomic E-state index is 0.137. The third-order valence-corrected chi connectivity index (χ3v) is 3.84. The normalized spacial score (nSPS) is 30.2. The van der Waals surface area contributed by atoms with Gasteiger partial charge in [0.1, 0.15) is 0 Å². The van der Waals surface area contributed by atoms with Crippen LogP contribution in [-0.4, -0.2) is 41.7 Å². The summed E-state index contributed by atoms with van der Waals surface area (Å²) in [5.41, 5.74) is 0. The molecule has 1 fully saturated rings. The minimum Gasteiger partial charge on any atom is -0.393 e. The van der Waals surface area contributed by atoms with Crippen molar-refractivity contribution in [1.29, 1.82) is 0 Å². The van der Waals surface area contributed by atoms with Crippen LogP contribution < -0.4 is 0 Å². The van der Waals surface area contributed by atoms with Crippen molar-refractivity contribution in [2.75, 3.05) is 13.1 Å². The molecule has 0 aliphatic heterocycles. The number of hydrogen-bond donors (Lipinski definition) is 1. The van der Waals surface area contributed by atoms with Gasteiger partial charge < -0.3 is 5.11 Å². The van der Waals surface area contributed by atoms with E-state index < -0.39 is 6.43 Å². The van der Waals surface area contributed by atoms with Gasteiger partial charge in [-0.25, -0.2) is 8.78 Å². The molecule has 2 nitrogen and oxygen atoms in total. The van der Waals surface area contributed by atoms with Crippen LogP contribution >= 0.6 is 0 Å². The average molecular weight is 249 g/mol. The lowest BCUT2D eigenvalue weighted by atomic mass is 9.79. The summed E-state index contributed by atoms with van der Waals surface area (Å²) in [6.45, 7) is 4.54. The van der Waals surface area contributed by atoms with Crippen molar-refractivity contribution in [3.8, 4) is 0 Å². The summed E-state index contributed by atoms with van der Waals surface area (Å²) in [7, 11) is 0. The number of aliphatic hydroxyl groups excluding tert-OH is 1. The second-order valence-electron chi connectivity index (χ2n) is 5.06. The quantitative estimate of drug-likeness (QED) is 0.782. The molecule has 1 rings (SSSR count). The molecule has 102 valence electrons. The molecule has 1 N–H and O–H groups in total. The summed E-state index contributed by atoms with van der Waals surface area (Å²) in [5, 5.41) is 9.73. The Balaban J connectivity index is 2.64. The van der Waals surface area contributed by atoms with E-state index in [2.05, 4.69) is 6.92 Å². The summed E-state index contributed by atoms with van der Waals surface area (Å²) in [5.74, 6) is 0.474. The molecular weight excluding hydrogens is 224 g/mol. The Kier molecular flexibility index (Phi) is 6.34. The van der Waals surface area contributed by atoms with E-state index in [1.54, 1.807) is 0 Å². The molecule has 3 atom stereocenters. The smallest absolute Gasteiger partial charge is 0.251 e.